The van der Waals surface area contributed by atoms with Gasteiger partial charge in [0, 0.05) is 0 Å². The molecular formula is C14H16. The molecule has 0 radical (unpaired) electrons. The monoisotopic (exact) mass is 184 g/mol. The van der Waals surface area contributed by atoms with Crippen LogP contribution >= 0.6 is 0 Å². The molecule has 0 unspecified atom stereocenters. The summed E-state index contributed by atoms with van der Waals surface area (Å²) in [5.41, 5.74) is 4.59. The number of hydrogen-bond acceptors (Lipinski definition) is 0. The third kappa shape index (κ3) is 2.23. The summed E-state index contributed by atoms with van der Waals surface area (Å²) >= 11 is 0. The van der Waals surface area contributed by atoms with E-state index in [0.29, 0.717) is 0 Å². The van der Waals surface area contributed by atoms with Crippen molar-refractivity contribution < 1.29 is 0 Å². The Labute approximate surface area is 86.3 Å². The second-order valence-corrected chi connectivity index (χ2v) is 3.30. The van der Waals surface area contributed by atoms with Crippen molar-refractivity contribution in [3.05, 3.63) is 66.3 Å². The summed E-state index contributed by atoms with van der Waals surface area (Å²) in [7, 11) is 0. The molecule has 1 aromatic rings. The molecule has 72 valence electrons. The maximum Gasteiger partial charge on any atom is -0.0160 e. The zero-order valence-electron chi connectivity index (χ0n) is 8.88. The van der Waals surface area contributed by atoms with E-state index in [2.05, 4.69) is 50.4 Å². The van der Waals surface area contributed by atoms with Crippen LogP contribution in [0.15, 0.2) is 55.1 Å². The van der Waals surface area contributed by atoms with Gasteiger partial charge in [-0.2, -0.15) is 0 Å². The van der Waals surface area contributed by atoms with Gasteiger partial charge in [0.25, 0.3) is 0 Å². The van der Waals surface area contributed by atoms with Crippen molar-refractivity contribution in [1.29, 1.82) is 0 Å². The lowest BCUT2D eigenvalue weighted by molar-refractivity contribution is 1.45. The van der Waals surface area contributed by atoms with Crippen LogP contribution in [0.5, 0.6) is 0 Å². The van der Waals surface area contributed by atoms with Crippen LogP contribution in [0.3, 0.4) is 0 Å². The Morgan fingerprint density at radius 1 is 1.21 bits per heavy atom. The topological polar surface area (TPSA) is 0 Å². The smallest absolute Gasteiger partial charge is 0.0160 e. The van der Waals surface area contributed by atoms with Crippen LogP contribution in [0.4, 0.5) is 0 Å². The molecular weight excluding hydrogens is 168 g/mol. The van der Waals surface area contributed by atoms with E-state index in [1.807, 2.05) is 6.92 Å². The normalized spacial score (nSPS) is 11.1. The van der Waals surface area contributed by atoms with Crippen LogP contribution in [-0.2, 0) is 0 Å². The molecule has 0 nitrogen and oxygen atoms in total. The number of benzene rings is 1. The van der Waals surface area contributed by atoms with Gasteiger partial charge in [0.1, 0.15) is 0 Å². The molecule has 0 aliphatic carbocycles. The molecule has 0 N–H and O–H groups in total. The summed E-state index contributed by atoms with van der Waals surface area (Å²) in [6.07, 6.45) is 3.85. The van der Waals surface area contributed by atoms with Crippen molar-refractivity contribution in [3.8, 4) is 0 Å². The lowest BCUT2D eigenvalue weighted by atomic mass is 9.98. The standard InChI is InChI=1S/C14H16/c1-5-12(4)14(6-2)13-9-7-11(3)8-10-13/h5-10H,1,4H2,2-3H3/b14-6+. The van der Waals surface area contributed by atoms with Crippen molar-refractivity contribution in [3.63, 3.8) is 0 Å². The van der Waals surface area contributed by atoms with E-state index in [1.54, 1.807) is 6.08 Å². The highest BCUT2D eigenvalue weighted by Gasteiger charge is 2.01. The third-order valence-electron chi connectivity index (χ3n) is 2.24. The maximum atomic E-state index is 3.96. The number of allylic oxidation sites excluding steroid dienone is 4. The second-order valence-electron chi connectivity index (χ2n) is 3.30. The zero-order chi connectivity index (χ0) is 10.6. The Bertz CT molecular complexity index is 364. The summed E-state index contributed by atoms with van der Waals surface area (Å²) in [4.78, 5) is 0. The van der Waals surface area contributed by atoms with Crippen LogP contribution in [0.2, 0.25) is 0 Å². The van der Waals surface area contributed by atoms with Gasteiger partial charge >= 0.3 is 0 Å². The van der Waals surface area contributed by atoms with Crippen molar-refractivity contribution in [2.24, 2.45) is 0 Å². The molecule has 0 saturated carbocycles. The molecule has 0 aromatic heterocycles. The molecule has 0 amide bonds. The maximum absolute atomic E-state index is 3.96. The van der Waals surface area contributed by atoms with Gasteiger partial charge in [-0.1, -0.05) is 55.1 Å². The molecule has 0 spiro atoms. The Hall–Kier alpha value is -1.56. The minimum atomic E-state index is 0.969. The Balaban J connectivity index is 3.08. The minimum Gasteiger partial charge on any atom is -0.0985 e. The summed E-state index contributed by atoms with van der Waals surface area (Å²) in [5.74, 6) is 0. The van der Waals surface area contributed by atoms with Crippen LogP contribution in [-0.4, -0.2) is 0 Å². The first-order valence-corrected chi connectivity index (χ1v) is 4.74. The summed E-state index contributed by atoms with van der Waals surface area (Å²) in [6, 6.07) is 8.43. The highest BCUT2D eigenvalue weighted by Crippen LogP contribution is 2.22. The lowest BCUT2D eigenvalue weighted by Gasteiger charge is -2.07. The first-order chi connectivity index (χ1) is 6.69. The summed E-state index contributed by atoms with van der Waals surface area (Å²) < 4.78 is 0. The van der Waals surface area contributed by atoms with E-state index in [1.165, 1.54) is 11.1 Å². The largest absolute Gasteiger partial charge is 0.0985 e. The van der Waals surface area contributed by atoms with Crippen molar-refractivity contribution >= 4 is 5.57 Å². The predicted octanol–water partition coefficient (Wildman–Crippen LogP) is 4.14. The molecule has 14 heavy (non-hydrogen) atoms. The Morgan fingerprint density at radius 3 is 2.21 bits per heavy atom. The molecule has 0 heterocycles. The van der Waals surface area contributed by atoms with Crippen LogP contribution in [0.1, 0.15) is 18.1 Å². The number of hydrogen-bond donors (Lipinski definition) is 0. The highest BCUT2D eigenvalue weighted by molar-refractivity contribution is 5.80. The van der Waals surface area contributed by atoms with Crippen molar-refractivity contribution in [2.75, 3.05) is 0 Å². The molecule has 0 saturated heterocycles. The fourth-order valence-electron chi connectivity index (χ4n) is 1.38. The first kappa shape index (κ1) is 10.5. The zero-order valence-corrected chi connectivity index (χ0v) is 8.88. The lowest BCUT2D eigenvalue weighted by Crippen LogP contribution is -1.85. The van der Waals surface area contributed by atoms with Gasteiger partial charge in [0.15, 0.2) is 0 Å². The van der Waals surface area contributed by atoms with Crippen LogP contribution in [0, 0.1) is 6.92 Å². The third-order valence-corrected chi connectivity index (χ3v) is 2.24. The molecule has 0 atom stereocenters. The molecule has 0 fully saturated rings. The average molecular weight is 184 g/mol. The number of rotatable bonds is 3. The van der Waals surface area contributed by atoms with Gasteiger partial charge in [-0.15, -0.1) is 0 Å². The van der Waals surface area contributed by atoms with Gasteiger partial charge in [0.05, 0.1) is 0 Å². The SMILES string of the molecule is C=CC(=C)/C(=C\C)c1ccc(C)cc1. The Kier molecular flexibility index (Phi) is 3.47. The van der Waals surface area contributed by atoms with Crippen LogP contribution < -0.4 is 0 Å². The summed E-state index contributed by atoms with van der Waals surface area (Å²) in [5, 5.41) is 0. The van der Waals surface area contributed by atoms with Gasteiger partial charge in [-0.05, 0) is 30.6 Å². The van der Waals surface area contributed by atoms with Crippen molar-refractivity contribution in [1.82, 2.24) is 0 Å². The molecule has 0 heteroatoms. The molecule has 0 aliphatic rings. The molecule has 1 aromatic carbocycles. The molecule has 0 bridgehead atoms. The van der Waals surface area contributed by atoms with E-state index < -0.39 is 0 Å². The van der Waals surface area contributed by atoms with E-state index in [-0.39, 0.29) is 0 Å². The van der Waals surface area contributed by atoms with Gasteiger partial charge in [-0.25, -0.2) is 0 Å². The van der Waals surface area contributed by atoms with Gasteiger partial charge in [0.2, 0.25) is 0 Å². The first-order valence-electron chi connectivity index (χ1n) is 4.74. The highest BCUT2D eigenvalue weighted by atomic mass is 14.1. The van der Waals surface area contributed by atoms with Gasteiger partial charge < -0.3 is 0 Å². The van der Waals surface area contributed by atoms with E-state index in [9.17, 15) is 0 Å². The van der Waals surface area contributed by atoms with Gasteiger partial charge in [-0.3, -0.25) is 0 Å². The minimum absolute atomic E-state index is 0.969. The Morgan fingerprint density at radius 2 is 1.79 bits per heavy atom. The fourth-order valence-corrected chi connectivity index (χ4v) is 1.38. The van der Waals surface area contributed by atoms with E-state index in [0.717, 1.165) is 11.1 Å². The predicted molar refractivity (Wildman–Crippen MR) is 64.2 cm³/mol. The quantitative estimate of drug-likeness (QED) is 0.619. The average Bonchev–Trinajstić information content (AvgIpc) is 2.21. The van der Waals surface area contributed by atoms with E-state index in [4.69, 9.17) is 0 Å². The van der Waals surface area contributed by atoms with Crippen LogP contribution in [0.25, 0.3) is 5.57 Å². The van der Waals surface area contributed by atoms with E-state index >= 15 is 0 Å². The molecule has 0 aliphatic heterocycles. The number of aryl methyl sites for hydroxylation is 1. The fraction of sp³-hybridized carbons (Fsp3) is 0.143. The van der Waals surface area contributed by atoms with Crippen molar-refractivity contribution in [2.45, 2.75) is 13.8 Å². The second kappa shape index (κ2) is 4.61. The molecule has 1 rings (SSSR count). The summed E-state index contributed by atoms with van der Waals surface area (Å²) in [6.45, 7) is 11.8.